The number of hydrogen-bond acceptors (Lipinski definition) is 2. The Morgan fingerprint density at radius 1 is 1.35 bits per heavy atom. The molecule has 0 aliphatic heterocycles. The zero-order chi connectivity index (χ0) is 12.9. The molecular formula is C13H19IN2O. The van der Waals surface area contributed by atoms with E-state index in [1.54, 1.807) is 0 Å². The molecule has 1 aromatic carbocycles. The summed E-state index contributed by atoms with van der Waals surface area (Å²) in [6.07, 6.45) is 1.68. The summed E-state index contributed by atoms with van der Waals surface area (Å²) in [4.78, 5) is 12.2. The Kier molecular flexibility index (Phi) is 5.39. The first-order valence-electron chi connectivity index (χ1n) is 5.85. The van der Waals surface area contributed by atoms with Crippen LogP contribution in [0.5, 0.6) is 0 Å². The number of hydrogen-bond donors (Lipinski definition) is 2. The number of halogens is 1. The molecule has 3 N–H and O–H groups in total. The van der Waals surface area contributed by atoms with Crippen LogP contribution in [0.1, 0.15) is 37.0 Å². The Morgan fingerprint density at radius 3 is 2.41 bits per heavy atom. The highest BCUT2D eigenvalue weighted by atomic mass is 127. The van der Waals surface area contributed by atoms with Gasteiger partial charge in [0.25, 0.3) is 5.91 Å². The van der Waals surface area contributed by atoms with E-state index in [0.29, 0.717) is 12.1 Å². The number of carbonyl (C=O) groups excluding carboxylic acids is 1. The Bertz CT molecular complexity index is 380. The van der Waals surface area contributed by atoms with E-state index >= 15 is 0 Å². The molecule has 0 saturated heterocycles. The van der Waals surface area contributed by atoms with Gasteiger partial charge < -0.3 is 11.1 Å². The lowest BCUT2D eigenvalue weighted by molar-refractivity contribution is 0.0894. The number of rotatable bonds is 5. The van der Waals surface area contributed by atoms with E-state index in [2.05, 4.69) is 27.9 Å². The maximum absolute atomic E-state index is 12.2. The van der Waals surface area contributed by atoms with Gasteiger partial charge in [-0.1, -0.05) is 26.0 Å². The van der Waals surface area contributed by atoms with Crippen molar-refractivity contribution < 1.29 is 4.79 Å². The van der Waals surface area contributed by atoms with Crippen molar-refractivity contribution in [3.8, 4) is 0 Å². The zero-order valence-corrected chi connectivity index (χ0v) is 12.5. The topological polar surface area (TPSA) is 55.1 Å². The third-order valence-corrected chi connectivity index (χ3v) is 4.18. The first-order valence-corrected chi connectivity index (χ1v) is 6.93. The second kappa shape index (κ2) is 6.35. The van der Waals surface area contributed by atoms with E-state index in [1.165, 1.54) is 0 Å². The summed E-state index contributed by atoms with van der Waals surface area (Å²) in [5.74, 6) is -0.0378. The smallest absolute Gasteiger partial charge is 0.252 e. The maximum Gasteiger partial charge on any atom is 0.252 e. The van der Waals surface area contributed by atoms with Gasteiger partial charge in [-0.2, -0.15) is 0 Å². The van der Waals surface area contributed by atoms with Crippen LogP contribution in [0.25, 0.3) is 0 Å². The minimum Gasteiger partial charge on any atom is -0.345 e. The first-order chi connectivity index (χ1) is 8.08. The summed E-state index contributed by atoms with van der Waals surface area (Å²) in [6.45, 7) is 4.56. The molecule has 94 valence electrons. The first kappa shape index (κ1) is 14.4. The Labute approximate surface area is 116 Å². The largest absolute Gasteiger partial charge is 0.345 e. The molecule has 3 nitrogen and oxygen atoms in total. The lowest BCUT2D eigenvalue weighted by atomic mass is 9.92. The summed E-state index contributed by atoms with van der Waals surface area (Å²) in [5, 5.41) is 3.07. The third-order valence-electron chi connectivity index (χ3n) is 3.24. The Balaban J connectivity index is 2.89. The fourth-order valence-corrected chi connectivity index (χ4v) is 2.35. The highest BCUT2D eigenvalue weighted by Crippen LogP contribution is 2.17. The summed E-state index contributed by atoms with van der Waals surface area (Å²) < 4.78 is 0.959. The number of benzene rings is 1. The molecule has 0 heterocycles. The van der Waals surface area contributed by atoms with E-state index < -0.39 is 0 Å². The zero-order valence-electron chi connectivity index (χ0n) is 10.3. The van der Waals surface area contributed by atoms with Crippen LogP contribution in [0.15, 0.2) is 24.3 Å². The van der Waals surface area contributed by atoms with Crippen molar-refractivity contribution in [2.75, 3.05) is 6.54 Å². The van der Waals surface area contributed by atoms with Gasteiger partial charge in [0.15, 0.2) is 0 Å². The number of nitrogens with one attached hydrogen (secondary N) is 1. The van der Waals surface area contributed by atoms with Crippen molar-refractivity contribution >= 4 is 28.5 Å². The monoisotopic (exact) mass is 346 g/mol. The summed E-state index contributed by atoms with van der Waals surface area (Å²) in [7, 11) is 0. The summed E-state index contributed by atoms with van der Waals surface area (Å²) in [6, 6.07) is 7.56. The molecule has 0 bridgehead atoms. The molecule has 4 heteroatoms. The van der Waals surface area contributed by atoms with Gasteiger partial charge in [0.2, 0.25) is 0 Å². The molecular weight excluding hydrogens is 327 g/mol. The molecule has 17 heavy (non-hydrogen) atoms. The minimum absolute atomic E-state index is 0.0378. The Morgan fingerprint density at radius 2 is 1.94 bits per heavy atom. The molecule has 1 aromatic rings. The summed E-state index contributed by atoms with van der Waals surface area (Å²) in [5.41, 5.74) is 6.21. The van der Waals surface area contributed by atoms with Crippen molar-refractivity contribution in [1.82, 2.24) is 5.32 Å². The molecule has 0 fully saturated rings. The molecule has 0 aromatic heterocycles. The van der Waals surface area contributed by atoms with Crippen LogP contribution < -0.4 is 11.1 Å². The molecule has 0 saturated carbocycles. The molecule has 0 spiro atoms. The van der Waals surface area contributed by atoms with Crippen LogP contribution in [-0.2, 0) is 0 Å². The molecule has 0 unspecified atom stereocenters. The highest BCUT2D eigenvalue weighted by Gasteiger charge is 2.27. The predicted octanol–water partition coefficient (Wildman–Crippen LogP) is 2.54. The SMILES string of the molecule is CCC(CC)(CN)NC(=O)c1ccccc1I. The fraction of sp³-hybridized carbons (Fsp3) is 0.462. The van der Waals surface area contributed by atoms with Gasteiger partial charge in [-0.15, -0.1) is 0 Å². The average Bonchev–Trinajstić information content (AvgIpc) is 2.36. The minimum atomic E-state index is -0.282. The molecule has 0 aliphatic rings. The van der Waals surface area contributed by atoms with Gasteiger partial charge in [0.1, 0.15) is 0 Å². The van der Waals surface area contributed by atoms with E-state index in [9.17, 15) is 4.79 Å². The van der Waals surface area contributed by atoms with Gasteiger partial charge in [-0.25, -0.2) is 0 Å². The van der Waals surface area contributed by atoms with Crippen LogP contribution in [0.3, 0.4) is 0 Å². The molecule has 1 rings (SSSR count). The van der Waals surface area contributed by atoms with Gasteiger partial charge in [0, 0.05) is 10.1 Å². The van der Waals surface area contributed by atoms with Crippen LogP contribution in [0, 0.1) is 3.57 Å². The summed E-state index contributed by atoms with van der Waals surface area (Å²) >= 11 is 2.17. The third kappa shape index (κ3) is 3.42. The number of amides is 1. The second-order valence-corrected chi connectivity index (χ2v) is 5.29. The normalized spacial score (nSPS) is 11.3. The van der Waals surface area contributed by atoms with E-state index in [4.69, 9.17) is 5.73 Å². The molecule has 0 aliphatic carbocycles. The van der Waals surface area contributed by atoms with Crippen LogP contribution in [0.4, 0.5) is 0 Å². The standard InChI is InChI=1S/C13H19IN2O/c1-3-13(4-2,9-15)16-12(17)10-7-5-6-8-11(10)14/h5-8H,3-4,9,15H2,1-2H3,(H,16,17). The van der Waals surface area contributed by atoms with Crippen LogP contribution in [0.2, 0.25) is 0 Å². The van der Waals surface area contributed by atoms with Gasteiger partial charge in [-0.3, -0.25) is 4.79 Å². The van der Waals surface area contributed by atoms with Crippen molar-refractivity contribution in [2.45, 2.75) is 32.2 Å². The lowest BCUT2D eigenvalue weighted by Crippen LogP contribution is -2.53. The predicted molar refractivity (Wildman–Crippen MR) is 79.0 cm³/mol. The van der Waals surface area contributed by atoms with Gasteiger partial charge in [0.05, 0.1) is 11.1 Å². The Hall–Kier alpha value is -0.620. The van der Waals surface area contributed by atoms with Gasteiger partial charge >= 0.3 is 0 Å². The second-order valence-electron chi connectivity index (χ2n) is 4.13. The van der Waals surface area contributed by atoms with Crippen molar-refractivity contribution in [2.24, 2.45) is 5.73 Å². The molecule has 0 radical (unpaired) electrons. The molecule has 0 atom stereocenters. The van der Waals surface area contributed by atoms with Crippen molar-refractivity contribution in [1.29, 1.82) is 0 Å². The quantitative estimate of drug-likeness (QED) is 0.805. The highest BCUT2D eigenvalue weighted by molar-refractivity contribution is 14.1. The van der Waals surface area contributed by atoms with Crippen molar-refractivity contribution in [3.63, 3.8) is 0 Å². The fourth-order valence-electron chi connectivity index (χ4n) is 1.72. The van der Waals surface area contributed by atoms with E-state index in [0.717, 1.165) is 16.4 Å². The molecule has 1 amide bonds. The maximum atomic E-state index is 12.2. The number of carbonyl (C=O) groups is 1. The average molecular weight is 346 g/mol. The van der Waals surface area contributed by atoms with E-state index in [-0.39, 0.29) is 11.4 Å². The van der Waals surface area contributed by atoms with Gasteiger partial charge in [-0.05, 0) is 47.6 Å². The lowest BCUT2D eigenvalue weighted by Gasteiger charge is -2.31. The van der Waals surface area contributed by atoms with Crippen LogP contribution >= 0.6 is 22.6 Å². The van der Waals surface area contributed by atoms with Crippen molar-refractivity contribution in [3.05, 3.63) is 33.4 Å². The number of nitrogens with two attached hydrogens (primary N) is 1. The van der Waals surface area contributed by atoms with Crippen LogP contribution in [-0.4, -0.2) is 18.0 Å². The van der Waals surface area contributed by atoms with E-state index in [1.807, 2.05) is 38.1 Å².